The van der Waals surface area contributed by atoms with Crippen LogP contribution in [-0.2, 0) is 21.4 Å². The van der Waals surface area contributed by atoms with E-state index in [2.05, 4.69) is 47.4 Å². The van der Waals surface area contributed by atoms with Crippen LogP contribution >= 0.6 is 0 Å². The maximum atomic E-state index is 14.3. The molecule has 1 saturated carbocycles. The van der Waals surface area contributed by atoms with Crippen LogP contribution in [0, 0.1) is 17.8 Å². The van der Waals surface area contributed by atoms with Gasteiger partial charge in [0.15, 0.2) is 11.3 Å². The highest BCUT2D eigenvalue weighted by atomic mass is 19.3. The van der Waals surface area contributed by atoms with Gasteiger partial charge in [-0.25, -0.2) is 23.1 Å². The Morgan fingerprint density at radius 2 is 1.84 bits per heavy atom. The van der Waals surface area contributed by atoms with Crippen molar-refractivity contribution in [2.75, 3.05) is 62.6 Å². The van der Waals surface area contributed by atoms with E-state index in [1.54, 1.807) is 17.9 Å². The van der Waals surface area contributed by atoms with Crippen LogP contribution in [0.5, 0.6) is 0 Å². The molecule has 8 heterocycles. The fraction of sp³-hybridized carbons (Fsp3) is 0.512. The topological polar surface area (TPSA) is 169 Å². The smallest absolute Gasteiger partial charge is 0.329 e. The van der Waals surface area contributed by atoms with Crippen molar-refractivity contribution in [2.45, 2.75) is 75.6 Å². The SMILES string of the molecule is Cn1c(=O)n([C@H]2CCC(=O)NC2=O)c2cccc(C#CCN3CCN(C[C@H]4CC[C@H](n5cc(NC(=O)c6cnn7ccc(N8C[C@H]9C[C@@H]8CO9)nc67)c(C(F)F)n5)CC4)CC3)c21. The summed E-state index contributed by atoms with van der Waals surface area (Å²) in [6, 6.07) is 6.83. The number of aromatic nitrogens is 7. The highest BCUT2D eigenvalue weighted by Crippen LogP contribution is 2.36. The lowest BCUT2D eigenvalue weighted by atomic mass is 9.85. The summed E-state index contributed by atoms with van der Waals surface area (Å²) in [7, 11) is 1.68. The Bertz CT molecular complexity index is 2680. The lowest BCUT2D eigenvalue weighted by Gasteiger charge is -2.37. The number of rotatable bonds is 9. The van der Waals surface area contributed by atoms with Gasteiger partial charge in [-0.2, -0.15) is 10.2 Å². The van der Waals surface area contributed by atoms with Crippen LogP contribution < -0.4 is 21.2 Å². The Labute approximate surface area is 355 Å². The number of morpholine rings is 1. The molecule has 1 aromatic carbocycles. The molecule has 2 bridgehead atoms. The number of amides is 3. The van der Waals surface area contributed by atoms with E-state index in [1.807, 2.05) is 24.3 Å². The Morgan fingerprint density at radius 1 is 1.03 bits per heavy atom. The Morgan fingerprint density at radius 3 is 2.58 bits per heavy atom. The second-order valence-electron chi connectivity index (χ2n) is 17.2. The molecular formula is C43H48F2N12O5. The van der Waals surface area contributed by atoms with E-state index in [0.717, 1.165) is 77.2 Å². The van der Waals surface area contributed by atoms with Crippen molar-refractivity contribution < 1.29 is 27.9 Å². The van der Waals surface area contributed by atoms with Gasteiger partial charge in [0.1, 0.15) is 17.4 Å². The van der Waals surface area contributed by atoms with Gasteiger partial charge >= 0.3 is 5.69 Å². The van der Waals surface area contributed by atoms with Crippen molar-refractivity contribution >= 4 is 45.9 Å². The zero-order chi connectivity index (χ0) is 42.6. The molecule has 2 N–H and O–H groups in total. The summed E-state index contributed by atoms with van der Waals surface area (Å²) in [6.07, 6.45) is 6.91. The molecular weight excluding hydrogens is 803 g/mol. The fourth-order valence-electron chi connectivity index (χ4n) is 10.0. The van der Waals surface area contributed by atoms with Gasteiger partial charge in [-0.3, -0.25) is 38.4 Å². The number of ether oxygens (including phenoxy) is 1. The maximum Gasteiger partial charge on any atom is 0.329 e. The number of benzene rings is 1. The number of halogens is 2. The first-order chi connectivity index (χ1) is 30.1. The van der Waals surface area contributed by atoms with Crippen LogP contribution in [0.25, 0.3) is 16.7 Å². The van der Waals surface area contributed by atoms with E-state index < -0.39 is 30.0 Å². The molecule has 62 heavy (non-hydrogen) atoms. The van der Waals surface area contributed by atoms with Crippen LogP contribution in [0.15, 0.2) is 47.7 Å². The third-order valence-electron chi connectivity index (χ3n) is 13.3. The van der Waals surface area contributed by atoms with Gasteiger partial charge < -0.3 is 19.9 Å². The number of para-hydroxylation sites is 1. The number of aryl methyl sites for hydroxylation is 1. The van der Waals surface area contributed by atoms with Crippen molar-refractivity contribution in [1.29, 1.82) is 0 Å². The maximum absolute atomic E-state index is 14.3. The van der Waals surface area contributed by atoms with E-state index in [-0.39, 0.29) is 53.9 Å². The lowest BCUT2D eigenvalue weighted by Crippen LogP contribution is -2.48. The number of alkyl halides is 2. The molecule has 4 aliphatic heterocycles. The summed E-state index contributed by atoms with van der Waals surface area (Å²) >= 11 is 0. The molecule has 5 aromatic rings. The molecule has 17 nitrogen and oxygen atoms in total. The van der Waals surface area contributed by atoms with Gasteiger partial charge in [-0.1, -0.05) is 17.9 Å². The molecule has 5 aliphatic rings. The van der Waals surface area contributed by atoms with E-state index in [1.165, 1.54) is 26.0 Å². The quantitative estimate of drug-likeness (QED) is 0.165. The number of carbonyl (C=O) groups is 3. The van der Waals surface area contributed by atoms with Crippen LogP contribution in [0.3, 0.4) is 0 Å². The van der Waals surface area contributed by atoms with Gasteiger partial charge in [-0.15, -0.1) is 0 Å². The average molecular weight is 851 g/mol. The third kappa shape index (κ3) is 7.53. The number of piperidine rings is 1. The number of fused-ring (bicyclic) bond motifs is 4. The van der Waals surface area contributed by atoms with Crippen molar-refractivity contribution in [3.05, 3.63) is 70.2 Å². The second kappa shape index (κ2) is 16.4. The van der Waals surface area contributed by atoms with Crippen LogP contribution in [0.2, 0.25) is 0 Å². The Balaban J connectivity index is 0.718. The fourth-order valence-corrected chi connectivity index (χ4v) is 10.0. The molecule has 0 spiro atoms. The number of imidazole rings is 1. The minimum atomic E-state index is -2.86. The van der Waals surface area contributed by atoms with Crippen molar-refractivity contribution in [3.63, 3.8) is 0 Å². The number of anilines is 2. The Kier molecular flexibility index (Phi) is 10.6. The highest BCUT2D eigenvalue weighted by molar-refractivity contribution is 6.08. The number of hydrogen-bond acceptors (Lipinski definition) is 11. The molecule has 10 rings (SSSR count). The van der Waals surface area contributed by atoms with Gasteiger partial charge in [0.25, 0.3) is 12.3 Å². The zero-order valence-corrected chi connectivity index (χ0v) is 34.4. The van der Waals surface area contributed by atoms with Crippen molar-refractivity contribution in [3.8, 4) is 11.8 Å². The summed E-state index contributed by atoms with van der Waals surface area (Å²) < 4.78 is 40.4. The van der Waals surface area contributed by atoms with Crippen LogP contribution in [-0.4, -0.2) is 126 Å². The largest absolute Gasteiger partial charge is 0.374 e. The van der Waals surface area contributed by atoms with Crippen molar-refractivity contribution in [2.24, 2.45) is 13.0 Å². The first-order valence-corrected chi connectivity index (χ1v) is 21.5. The number of nitrogens with zero attached hydrogens (tertiary/aromatic N) is 10. The first kappa shape index (κ1) is 40.1. The first-order valence-electron chi connectivity index (χ1n) is 21.5. The van der Waals surface area contributed by atoms with E-state index in [9.17, 15) is 28.0 Å². The minimum Gasteiger partial charge on any atom is -0.374 e. The monoisotopic (exact) mass is 850 g/mol. The summed E-state index contributed by atoms with van der Waals surface area (Å²) in [5.41, 5.74) is 1.75. The van der Waals surface area contributed by atoms with Crippen molar-refractivity contribution in [1.82, 2.24) is 48.6 Å². The van der Waals surface area contributed by atoms with Gasteiger partial charge in [-0.05, 0) is 62.6 Å². The summed E-state index contributed by atoms with van der Waals surface area (Å²) in [6.45, 7) is 6.50. The summed E-state index contributed by atoms with van der Waals surface area (Å²) in [5.74, 6) is 6.41. The molecule has 5 fully saturated rings. The standard InChI is InChI=1S/C43H48F2N12O5/c1-51-38-27(4-2-6-33(38)57(43(51)61)34-11-12-36(58)49-42(34)60)5-3-14-52-16-18-53(19-17-52)22-26-7-9-28(10-8-26)56-24-32(37(50-56)39(44)45)47-41(59)31-21-46-55-15-13-35(48-40(31)55)54-23-30-20-29(54)25-62-30/h2,4,6,13,15,21,24,26,28-30,34,39H,7-12,14,16-20,22-23,25H2,1H3,(H,47,59)(H,49,58,60)/t26-,28-,29-,30-,34+/m1/s1. The number of hydrogen-bond donors (Lipinski definition) is 2. The molecule has 0 unspecified atom stereocenters. The number of piperazine rings is 1. The predicted octanol–water partition coefficient (Wildman–Crippen LogP) is 3.12. The molecule has 0 radical (unpaired) electrons. The van der Waals surface area contributed by atoms with E-state index in [0.29, 0.717) is 41.3 Å². The number of imide groups is 1. The normalized spacial score (nSPS) is 24.6. The third-order valence-corrected chi connectivity index (χ3v) is 13.3. The lowest BCUT2D eigenvalue weighted by molar-refractivity contribution is -0.135. The molecule has 3 atom stereocenters. The minimum absolute atomic E-state index is 0.00858. The second-order valence-corrected chi connectivity index (χ2v) is 17.2. The molecule has 19 heteroatoms. The van der Waals surface area contributed by atoms with Crippen LogP contribution in [0.4, 0.5) is 20.3 Å². The van der Waals surface area contributed by atoms with Gasteiger partial charge in [0.2, 0.25) is 11.8 Å². The number of carbonyl (C=O) groups excluding carboxylic acids is 3. The Hall–Kier alpha value is -5.97. The van der Waals surface area contributed by atoms with Crippen LogP contribution in [0.1, 0.15) is 85.1 Å². The number of nitrogens with one attached hydrogen (secondary N) is 2. The summed E-state index contributed by atoms with van der Waals surface area (Å²) in [4.78, 5) is 62.9. The molecule has 1 aliphatic carbocycles. The van der Waals surface area contributed by atoms with Gasteiger partial charge in [0, 0.05) is 65.1 Å². The van der Waals surface area contributed by atoms with E-state index in [4.69, 9.17) is 9.72 Å². The molecule has 3 amide bonds. The summed E-state index contributed by atoms with van der Waals surface area (Å²) in [5, 5.41) is 13.6. The zero-order valence-electron chi connectivity index (χ0n) is 34.4. The van der Waals surface area contributed by atoms with E-state index >= 15 is 0 Å². The highest BCUT2D eigenvalue weighted by Gasteiger charge is 2.40. The predicted molar refractivity (Wildman–Crippen MR) is 223 cm³/mol. The van der Waals surface area contributed by atoms with Gasteiger partial charge in [0.05, 0.1) is 59.8 Å². The molecule has 4 aromatic heterocycles. The average Bonchev–Trinajstić information content (AvgIpc) is 4.12. The molecule has 4 saturated heterocycles. The molecule has 324 valence electrons.